The monoisotopic (exact) mass is 312 g/mol. The molecule has 0 amide bonds. The van der Waals surface area contributed by atoms with Gasteiger partial charge in [-0.3, -0.25) is 4.72 Å². The SMILES string of the molecule is COc1c(C)cc(Cl)cc1S(=O)(=O)Nc1ccccn1. The summed E-state index contributed by atoms with van der Waals surface area (Å²) in [6, 6.07) is 7.92. The quantitative estimate of drug-likeness (QED) is 0.942. The van der Waals surface area contributed by atoms with E-state index in [0.29, 0.717) is 10.6 Å². The molecule has 106 valence electrons. The summed E-state index contributed by atoms with van der Waals surface area (Å²) in [7, 11) is -2.41. The van der Waals surface area contributed by atoms with Gasteiger partial charge in [-0.2, -0.15) is 0 Å². The van der Waals surface area contributed by atoms with Crippen molar-refractivity contribution in [3.8, 4) is 5.75 Å². The fourth-order valence-electron chi connectivity index (χ4n) is 1.78. The van der Waals surface area contributed by atoms with E-state index in [1.807, 2.05) is 0 Å². The van der Waals surface area contributed by atoms with Crippen LogP contribution in [0.1, 0.15) is 5.56 Å². The minimum atomic E-state index is -3.82. The van der Waals surface area contributed by atoms with Gasteiger partial charge in [-0.1, -0.05) is 17.7 Å². The molecule has 2 aromatic rings. The molecule has 0 spiro atoms. The van der Waals surface area contributed by atoms with E-state index in [1.165, 1.54) is 19.4 Å². The summed E-state index contributed by atoms with van der Waals surface area (Å²) in [4.78, 5) is 3.91. The van der Waals surface area contributed by atoms with Gasteiger partial charge in [0.05, 0.1) is 7.11 Å². The Kier molecular flexibility index (Phi) is 4.15. The number of nitrogens with zero attached hydrogens (tertiary/aromatic N) is 1. The van der Waals surface area contributed by atoms with E-state index < -0.39 is 10.0 Å². The van der Waals surface area contributed by atoms with Gasteiger partial charge in [-0.05, 0) is 36.8 Å². The summed E-state index contributed by atoms with van der Waals surface area (Å²) in [5.41, 5.74) is 0.640. The summed E-state index contributed by atoms with van der Waals surface area (Å²) in [5.74, 6) is 0.491. The van der Waals surface area contributed by atoms with Crippen molar-refractivity contribution >= 4 is 27.4 Å². The van der Waals surface area contributed by atoms with E-state index >= 15 is 0 Å². The molecular formula is C13H13ClN2O3S. The summed E-state index contributed by atoms with van der Waals surface area (Å²) < 4.78 is 32.3. The highest BCUT2D eigenvalue weighted by Crippen LogP contribution is 2.32. The number of halogens is 1. The Morgan fingerprint density at radius 2 is 2.05 bits per heavy atom. The Labute approximate surface area is 122 Å². The second-order valence-corrected chi connectivity index (χ2v) is 6.16. The Bertz CT molecular complexity index is 718. The Morgan fingerprint density at radius 1 is 1.30 bits per heavy atom. The molecule has 0 fully saturated rings. The summed E-state index contributed by atoms with van der Waals surface area (Å²) in [6.07, 6.45) is 1.50. The first-order chi connectivity index (χ1) is 9.44. The molecule has 7 heteroatoms. The van der Waals surface area contributed by atoms with Crippen molar-refractivity contribution in [1.29, 1.82) is 0 Å². The standard InChI is InChI=1S/C13H13ClN2O3S/c1-9-7-10(14)8-11(13(9)19-2)20(17,18)16-12-5-3-4-6-15-12/h3-8H,1-2H3,(H,15,16). The molecule has 1 aromatic carbocycles. The number of aromatic nitrogens is 1. The first-order valence-electron chi connectivity index (χ1n) is 5.72. The molecule has 0 radical (unpaired) electrons. The fraction of sp³-hybridized carbons (Fsp3) is 0.154. The van der Waals surface area contributed by atoms with E-state index in [-0.39, 0.29) is 16.5 Å². The van der Waals surface area contributed by atoms with Crippen LogP contribution in [0.4, 0.5) is 5.82 Å². The lowest BCUT2D eigenvalue weighted by atomic mass is 10.2. The van der Waals surface area contributed by atoms with E-state index in [9.17, 15) is 8.42 Å². The second kappa shape index (κ2) is 5.68. The van der Waals surface area contributed by atoms with Crippen molar-refractivity contribution in [3.63, 3.8) is 0 Å². The predicted molar refractivity (Wildman–Crippen MR) is 77.8 cm³/mol. The lowest BCUT2D eigenvalue weighted by Crippen LogP contribution is -2.15. The molecule has 2 rings (SSSR count). The van der Waals surface area contributed by atoms with E-state index in [2.05, 4.69) is 9.71 Å². The van der Waals surface area contributed by atoms with Crippen LogP contribution in [0.3, 0.4) is 0 Å². The van der Waals surface area contributed by atoms with Crippen molar-refractivity contribution in [2.24, 2.45) is 0 Å². The van der Waals surface area contributed by atoms with Crippen LogP contribution >= 0.6 is 11.6 Å². The highest BCUT2D eigenvalue weighted by Gasteiger charge is 2.22. The molecule has 0 bridgehead atoms. The number of sulfonamides is 1. The third-order valence-electron chi connectivity index (χ3n) is 2.60. The molecular weight excluding hydrogens is 300 g/mol. The van der Waals surface area contributed by atoms with Crippen LogP contribution in [0, 0.1) is 6.92 Å². The zero-order valence-electron chi connectivity index (χ0n) is 10.9. The third-order valence-corrected chi connectivity index (χ3v) is 4.18. The smallest absolute Gasteiger partial charge is 0.266 e. The summed E-state index contributed by atoms with van der Waals surface area (Å²) in [5, 5.41) is 0.324. The Morgan fingerprint density at radius 3 is 2.65 bits per heavy atom. The molecule has 5 nitrogen and oxygen atoms in total. The van der Waals surface area contributed by atoms with Crippen LogP contribution in [-0.2, 0) is 10.0 Å². The van der Waals surface area contributed by atoms with Gasteiger partial charge in [0.1, 0.15) is 16.5 Å². The fourth-order valence-corrected chi connectivity index (χ4v) is 3.39. The Hall–Kier alpha value is -1.79. The zero-order valence-corrected chi connectivity index (χ0v) is 12.5. The molecule has 0 aliphatic heterocycles. The summed E-state index contributed by atoms with van der Waals surface area (Å²) >= 11 is 5.92. The maximum atomic E-state index is 12.4. The van der Waals surface area contributed by atoms with Crippen LogP contribution in [0.2, 0.25) is 5.02 Å². The van der Waals surface area contributed by atoms with Crippen molar-refractivity contribution in [1.82, 2.24) is 4.98 Å². The predicted octanol–water partition coefficient (Wildman–Crippen LogP) is 2.85. The molecule has 20 heavy (non-hydrogen) atoms. The average molecular weight is 313 g/mol. The van der Waals surface area contributed by atoms with Gasteiger partial charge >= 0.3 is 0 Å². The second-order valence-electron chi connectivity index (χ2n) is 4.07. The Balaban J connectivity index is 2.49. The molecule has 0 aliphatic rings. The van der Waals surface area contributed by atoms with Crippen LogP contribution in [-0.4, -0.2) is 20.5 Å². The van der Waals surface area contributed by atoms with Crippen LogP contribution in [0.5, 0.6) is 5.75 Å². The van der Waals surface area contributed by atoms with Crippen molar-refractivity contribution in [2.45, 2.75) is 11.8 Å². The highest BCUT2D eigenvalue weighted by molar-refractivity contribution is 7.92. The third kappa shape index (κ3) is 3.02. The molecule has 0 atom stereocenters. The average Bonchev–Trinajstić information content (AvgIpc) is 2.38. The minimum Gasteiger partial charge on any atom is -0.495 e. The van der Waals surface area contributed by atoms with Crippen molar-refractivity contribution < 1.29 is 13.2 Å². The van der Waals surface area contributed by atoms with Crippen molar-refractivity contribution in [3.05, 3.63) is 47.1 Å². The number of hydrogen-bond donors (Lipinski definition) is 1. The molecule has 0 unspecified atom stereocenters. The largest absolute Gasteiger partial charge is 0.495 e. The van der Waals surface area contributed by atoms with Crippen LogP contribution in [0.15, 0.2) is 41.4 Å². The summed E-state index contributed by atoms with van der Waals surface area (Å²) in [6.45, 7) is 1.73. The molecule has 1 N–H and O–H groups in total. The lowest BCUT2D eigenvalue weighted by molar-refractivity contribution is 0.399. The van der Waals surface area contributed by atoms with Crippen molar-refractivity contribution in [2.75, 3.05) is 11.8 Å². The number of rotatable bonds is 4. The van der Waals surface area contributed by atoms with Gasteiger partial charge in [0.25, 0.3) is 10.0 Å². The normalized spacial score (nSPS) is 11.2. The number of pyridine rings is 1. The highest BCUT2D eigenvalue weighted by atomic mass is 35.5. The maximum absolute atomic E-state index is 12.4. The first-order valence-corrected chi connectivity index (χ1v) is 7.58. The van der Waals surface area contributed by atoms with Crippen LogP contribution in [0.25, 0.3) is 0 Å². The topological polar surface area (TPSA) is 68.3 Å². The van der Waals surface area contributed by atoms with Gasteiger partial charge in [-0.25, -0.2) is 13.4 Å². The lowest BCUT2D eigenvalue weighted by Gasteiger charge is -2.13. The molecule has 0 aliphatic carbocycles. The van der Waals surface area contributed by atoms with Gasteiger partial charge in [-0.15, -0.1) is 0 Å². The number of methoxy groups -OCH3 is 1. The van der Waals surface area contributed by atoms with Gasteiger partial charge in [0.15, 0.2) is 0 Å². The number of ether oxygens (including phenoxy) is 1. The van der Waals surface area contributed by atoms with E-state index in [4.69, 9.17) is 16.3 Å². The number of nitrogens with one attached hydrogen (secondary N) is 1. The zero-order chi connectivity index (χ0) is 14.8. The number of aryl methyl sites for hydroxylation is 1. The minimum absolute atomic E-state index is 0.0179. The maximum Gasteiger partial charge on any atom is 0.266 e. The number of hydrogen-bond acceptors (Lipinski definition) is 4. The number of anilines is 1. The van der Waals surface area contributed by atoms with Gasteiger partial charge in [0.2, 0.25) is 0 Å². The number of benzene rings is 1. The van der Waals surface area contributed by atoms with E-state index in [1.54, 1.807) is 31.2 Å². The molecule has 0 saturated carbocycles. The molecule has 1 aromatic heterocycles. The van der Waals surface area contributed by atoms with Crippen LogP contribution < -0.4 is 9.46 Å². The van der Waals surface area contributed by atoms with E-state index in [0.717, 1.165) is 0 Å². The molecule has 0 saturated heterocycles. The molecule has 1 heterocycles. The van der Waals surface area contributed by atoms with Gasteiger partial charge < -0.3 is 4.74 Å². The first kappa shape index (κ1) is 14.6. The van der Waals surface area contributed by atoms with Gasteiger partial charge in [0, 0.05) is 11.2 Å².